The first-order valence-corrected chi connectivity index (χ1v) is 9.76. The zero-order valence-corrected chi connectivity index (χ0v) is 17.3. The first-order chi connectivity index (χ1) is 14.0. The average molecular weight is 410 g/mol. The van der Waals surface area contributed by atoms with E-state index in [1.165, 1.54) is 7.11 Å². The number of fused-ring (bicyclic) bond motifs is 1. The van der Waals surface area contributed by atoms with E-state index in [9.17, 15) is 4.79 Å². The van der Waals surface area contributed by atoms with Gasteiger partial charge in [0.05, 0.1) is 24.4 Å². The van der Waals surface area contributed by atoms with E-state index in [-0.39, 0.29) is 6.04 Å². The number of carbonyl (C=O) groups is 1. The summed E-state index contributed by atoms with van der Waals surface area (Å²) in [6.07, 6.45) is 0. The zero-order valence-electron chi connectivity index (χ0n) is 16.5. The fourth-order valence-corrected chi connectivity index (χ4v) is 3.97. The maximum atomic E-state index is 12.7. The molecule has 2 heterocycles. The first-order valence-electron chi connectivity index (χ1n) is 9.35. The molecule has 0 bridgehead atoms. The van der Waals surface area contributed by atoms with Gasteiger partial charge in [-0.2, -0.15) is 0 Å². The van der Waals surface area contributed by atoms with Gasteiger partial charge in [-0.25, -0.2) is 4.79 Å². The normalized spacial score (nSPS) is 18.4. The van der Waals surface area contributed by atoms with Crippen LogP contribution in [0.15, 0.2) is 53.7 Å². The number of nitrogens with one attached hydrogen (secondary N) is 1. The molecule has 0 saturated carbocycles. The highest BCUT2D eigenvalue weighted by Gasteiger charge is 2.35. The molecule has 0 fully saturated rings. The van der Waals surface area contributed by atoms with Crippen molar-refractivity contribution >= 4 is 29.0 Å². The number of thiocarbonyl (C=S) groups is 1. The molecule has 0 spiro atoms. The molecule has 0 aromatic heterocycles. The molecule has 7 heteroatoms. The smallest absolute Gasteiger partial charge is 0.337 e. The summed E-state index contributed by atoms with van der Waals surface area (Å²) in [7, 11) is 1.39. The van der Waals surface area contributed by atoms with Crippen molar-refractivity contribution in [1.29, 1.82) is 0 Å². The zero-order chi connectivity index (χ0) is 20.5. The van der Waals surface area contributed by atoms with Gasteiger partial charge in [0.2, 0.25) is 0 Å². The summed E-state index contributed by atoms with van der Waals surface area (Å²) in [5.41, 5.74) is 4.10. The Bertz CT molecular complexity index is 1000. The minimum Gasteiger partial charge on any atom is -0.486 e. The maximum Gasteiger partial charge on any atom is 0.337 e. The number of nitrogens with zero attached hydrogens (tertiary/aromatic N) is 1. The number of esters is 1. The molecule has 6 nitrogen and oxygen atoms in total. The Hall–Kier alpha value is -3.06. The van der Waals surface area contributed by atoms with Crippen LogP contribution in [0.25, 0.3) is 0 Å². The molecule has 0 radical (unpaired) electrons. The number of benzene rings is 2. The topological polar surface area (TPSA) is 60.0 Å². The number of methoxy groups -OCH3 is 1. The third-order valence-corrected chi connectivity index (χ3v) is 5.39. The number of allylic oxidation sites excluding steroid dienone is 1. The average Bonchev–Trinajstić information content (AvgIpc) is 2.73. The number of rotatable bonds is 3. The molecule has 1 N–H and O–H groups in total. The minimum absolute atomic E-state index is 0.385. The third kappa shape index (κ3) is 3.53. The lowest BCUT2D eigenvalue weighted by Gasteiger charge is -2.37. The number of carbonyl (C=O) groups excluding carboxylic acids is 1. The largest absolute Gasteiger partial charge is 0.486 e. The highest BCUT2D eigenvalue weighted by atomic mass is 32.1. The molecule has 0 saturated heterocycles. The van der Waals surface area contributed by atoms with Crippen molar-refractivity contribution in [1.82, 2.24) is 5.32 Å². The Kier molecular flexibility index (Phi) is 5.15. The van der Waals surface area contributed by atoms with E-state index in [1.54, 1.807) is 0 Å². The molecule has 0 unspecified atom stereocenters. The number of ether oxygens (including phenoxy) is 3. The lowest BCUT2D eigenvalue weighted by molar-refractivity contribution is -0.136. The fraction of sp³-hybridized carbons (Fsp3) is 0.273. The second-order valence-corrected chi connectivity index (χ2v) is 7.33. The Morgan fingerprint density at radius 2 is 1.79 bits per heavy atom. The van der Waals surface area contributed by atoms with Crippen LogP contribution in [0.2, 0.25) is 0 Å². The van der Waals surface area contributed by atoms with Gasteiger partial charge in [-0.1, -0.05) is 29.8 Å². The number of hydrogen-bond acceptors (Lipinski definition) is 5. The summed E-state index contributed by atoms with van der Waals surface area (Å²) in [6.45, 7) is 4.92. The van der Waals surface area contributed by atoms with Crippen molar-refractivity contribution in [3.8, 4) is 11.5 Å². The van der Waals surface area contributed by atoms with Crippen LogP contribution in [0.4, 0.5) is 5.69 Å². The predicted molar refractivity (Wildman–Crippen MR) is 114 cm³/mol. The Labute approximate surface area is 175 Å². The highest BCUT2D eigenvalue weighted by molar-refractivity contribution is 7.80. The van der Waals surface area contributed by atoms with Crippen LogP contribution in [0.5, 0.6) is 11.5 Å². The molecule has 29 heavy (non-hydrogen) atoms. The molecular weight excluding hydrogens is 388 g/mol. The van der Waals surface area contributed by atoms with Crippen LogP contribution >= 0.6 is 12.2 Å². The standard InChI is InChI=1S/C22H22N2O4S/c1-13-4-6-15(7-5-13)20-19(21(25)26-3)14(2)24(22(29)23-20)16-8-9-17-18(12-16)28-11-10-27-17/h4-9,12,20H,10-11H2,1-3H3,(H,23,29)/t20-/m0/s1. The van der Waals surface area contributed by atoms with Crippen molar-refractivity contribution < 1.29 is 19.0 Å². The number of aryl methyl sites for hydroxylation is 1. The molecule has 2 aliphatic rings. The van der Waals surface area contributed by atoms with Gasteiger partial charge in [0.25, 0.3) is 0 Å². The first kappa shape index (κ1) is 19.3. The van der Waals surface area contributed by atoms with Gasteiger partial charge < -0.3 is 19.5 Å². The monoisotopic (exact) mass is 410 g/mol. The van der Waals surface area contributed by atoms with E-state index in [1.807, 2.05) is 61.2 Å². The summed E-state index contributed by atoms with van der Waals surface area (Å²) in [5.74, 6) is 0.957. The summed E-state index contributed by atoms with van der Waals surface area (Å²) in [5, 5.41) is 3.80. The summed E-state index contributed by atoms with van der Waals surface area (Å²) >= 11 is 5.68. The van der Waals surface area contributed by atoms with E-state index in [2.05, 4.69) is 5.32 Å². The van der Waals surface area contributed by atoms with Crippen molar-refractivity contribution in [2.75, 3.05) is 25.2 Å². The second kappa shape index (κ2) is 7.75. The molecule has 1 atom stereocenters. The van der Waals surface area contributed by atoms with Gasteiger partial charge in [0.15, 0.2) is 16.6 Å². The Morgan fingerprint density at radius 3 is 2.48 bits per heavy atom. The lowest BCUT2D eigenvalue weighted by Crippen LogP contribution is -2.48. The van der Waals surface area contributed by atoms with Crippen LogP contribution in [0, 0.1) is 6.92 Å². The molecule has 2 aromatic carbocycles. The molecule has 150 valence electrons. The van der Waals surface area contributed by atoms with E-state index in [0.717, 1.165) is 16.8 Å². The Morgan fingerprint density at radius 1 is 1.10 bits per heavy atom. The van der Waals surface area contributed by atoms with Gasteiger partial charge in [-0.05, 0) is 43.8 Å². The third-order valence-electron chi connectivity index (χ3n) is 5.08. The predicted octanol–water partition coefficient (Wildman–Crippen LogP) is 3.65. The fourth-order valence-electron chi connectivity index (χ4n) is 3.61. The van der Waals surface area contributed by atoms with E-state index >= 15 is 0 Å². The van der Waals surface area contributed by atoms with E-state index in [0.29, 0.717) is 41.1 Å². The van der Waals surface area contributed by atoms with Gasteiger partial charge in [-0.15, -0.1) is 0 Å². The van der Waals surface area contributed by atoms with E-state index < -0.39 is 5.97 Å². The van der Waals surface area contributed by atoms with Crippen LogP contribution in [-0.4, -0.2) is 31.4 Å². The van der Waals surface area contributed by atoms with Crippen LogP contribution in [-0.2, 0) is 9.53 Å². The van der Waals surface area contributed by atoms with Crippen molar-refractivity contribution in [2.24, 2.45) is 0 Å². The molecule has 2 aromatic rings. The van der Waals surface area contributed by atoms with E-state index in [4.69, 9.17) is 26.4 Å². The quantitative estimate of drug-likeness (QED) is 0.612. The van der Waals surface area contributed by atoms with Crippen LogP contribution in [0.3, 0.4) is 0 Å². The number of hydrogen-bond donors (Lipinski definition) is 1. The lowest BCUT2D eigenvalue weighted by atomic mass is 9.94. The van der Waals surface area contributed by atoms with Gasteiger partial charge in [0.1, 0.15) is 13.2 Å². The van der Waals surface area contributed by atoms with Crippen molar-refractivity contribution in [2.45, 2.75) is 19.9 Å². The Balaban J connectivity index is 1.80. The minimum atomic E-state index is -0.398. The maximum absolute atomic E-state index is 12.7. The van der Waals surface area contributed by atoms with Gasteiger partial charge >= 0.3 is 5.97 Å². The summed E-state index contributed by atoms with van der Waals surface area (Å²) in [4.78, 5) is 14.5. The van der Waals surface area contributed by atoms with Crippen molar-refractivity contribution in [3.63, 3.8) is 0 Å². The SMILES string of the molecule is COC(=O)C1=C(C)N(c2ccc3c(c2)OCCO3)C(=S)N[C@H]1c1ccc(C)cc1. The second-order valence-electron chi connectivity index (χ2n) is 6.95. The van der Waals surface area contributed by atoms with Gasteiger partial charge in [-0.3, -0.25) is 4.90 Å². The molecule has 0 aliphatic carbocycles. The molecular formula is C22H22N2O4S. The van der Waals surface area contributed by atoms with Crippen LogP contribution < -0.4 is 19.7 Å². The van der Waals surface area contributed by atoms with Gasteiger partial charge in [0, 0.05) is 11.8 Å². The highest BCUT2D eigenvalue weighted by Crippen LogP contribution is 2.38. The summed E-state index contributed by atoms with van der Waals surface area (Å²) < 4.78 is 16.4. The summed E-state index contributed by atoms with van der Waals surface area (Å²) in [6, 6.07) is 13.2. The van der Waals surface area contributed by atoms with Crippen LogP contribution in [0.1, 0.15) is 24.1 Å². The molecule has 4 rings (SSSR count). The molecule has 2 aliphatic heterocycles. The van der Waals surface area contributed by atoms with Crippen molar-refractivity contribution in [3.05, 3.63) is 64.9 Å². The molecule has 0 amide bonds. The number of anilines is 1.